The van der Waals surface area contributed by atoms with Crippen molar-refractivity contribution in [1.82, 2.24) is 10.2 Å². The number of nitrogens with one attached hydrogen (secondary N) is 1. The van der Waals surface area contributed by atoms with Crippen LogP contribution in [-0.2, 0) is 22.6 Å². The Bertz CT molecular complexity index is 1180. The van der Waals surface area contributed by atoms with Crippen LogP contribution in [0, 0.1) is 5.92 Å². The van der Waals surface area contributed by atoms with Gasteiger partial charge in [0.05, 0.1) is 18.2 Å². The molecule has 1 unspecified atom stereocenters. The molecule has 2 heterocycles. The summed E-state index contributed by atoms with van der Waals surface area (Å²) in [5.41, 5.74) is 3.39. The van der Waals surface area contributed by atoms with E-state index < -0.39 is 0 Å². The van der Waals surface area contributed by atoms with Gasteiger partial charge in [-0.25, -0.2) is 0 Å². The molecule has 2 aliphatic heterocycles. The summed E-state index contributed by atoms with van der Waals surface area (Å²) in [6.07, 6.45) is 3.21. The molecule has 2 amide bonds. The fraction of sp³-hybridized carbons (Fsp3) is 0.355. The molecule has 1 saturated heterocycles. The number of rotatable bonds is 8. The minimum atomic E-state index is -0.341. The van der Waals surface area contributed by atoms with Crippen molar-refractivity contribution in [1.29, 1.82) is 0 Å². The van der Waals surface area contributed by atoms with E-state index in [1.54, 1.807) is 11.8 Å². The summed E-state index contributed by atoms with van der Waals surface area (Å²) in [7, 11) is 0. The van der Waals surface area contributed by atoms with E-state index in [1.165, 1.54) is 5.56 Å². The first-order valence-corrected chi connectivity index (χ1v) is 14.3. The van der Waals surface area contributed by atoms with Crippen LogP contribution < -0.4 is 10.2 Å². The van der Waals surface area contributed by atoms with E-state index in [4.69, 9.17) is 0 Å². The maximum absolute atomic E-state index is 13.7. The van der Waals surface area contributed by atoms with Crippen LogP contribution in [0.15, 0.2) is 89.8 Å². The molecule has 3 aromatic carbocycles. The normalized spacial score (nSPS) is 18.8. The minimum Gasteiger partial charge on any atom is -0.353 e. The van der Waals surface area contributed by atoms with Gasteiger partial charge in [-0.15, -0.1) is 11.8 Å². The number of fused-ring (bicyclic) bond motifs is 1. The number of thioether (sulfide) groups is 1. The number of para-hydroxylation sites is 1. The Morgan fingerprint density at radius 1 is 0.865 bits per heavy atom. The van der Waals surface area contributed by atoms with Crippen LogP contribution in [-0.4, -0.2) is 48.1 Å². The molecular formula is C31H35N3O2S. The van der Waals surface area contributed by atoms with E-state index in [2.05, 4.69) is 46.6 Å². The number of amides is 2. The largest absolute Gasteiger partial charge is 0.353 e. The average molecular weight is 514 g/mol. The lowest BCUT2D eigenvalue weighted by atomic mass is 10.0. The quantitative estimate of drug-likeness (QED) is 0.452. The van der Waals surface area contributed by atoms with E-state index in [9.17, 15) is 9.59 Å². The molecule has 0 aliphatic carbocycles. The predicted molar refractivity (Wildman–Crippen MR) is 151 cm³/mol. The third-order valence-electron chi connectivity index (χ3n) is 7.34. The molecule has 0 saturated carbocycles. The molecule has 1 atom stereocenters. The molecule has 192 valence electrons. The molecule has 0 spiro atoms. The van der Waals surface area contributed by atoms with Crippen molar-refractivity contribution in [2.24, 2.45) is 5.92 Å². The number of hydrogen-bond donors (Lipinski definition) is 1. The summed E-state index contributed by atoms with van der Waals surface area (Å²) in [6.45, 7) is 3.55. The highest BCUT2D eigenvalue weighted by Crippen LogP contribution is 2.37. The molecule has 37 heavy (non-hydrogen) atoms. The van der Waals surface area contributed by atoms with E-state index in [0.29, 0.717) is 12.3 Å². The number of anilines is 1. The van der Waals surface area contributed by atoms with Crippen LogP contribution >= 0.6 is 11.8 Å². The first-order chi connectivity index (χ1) is 18.2. The Balaban J connectivity index is 1.15. The number of benzene rings is 3. The van der Waals surface area contributed by atoms with Crippen molar-refractivity contribution in [3.05, 3.63) is 96.1 Å². The fourth-order valence-corrected chi connectivity index (χ4v) is 6.36. The highest BCUT2D eigenvalue weighted by molar-refractivity contribution is 7.99. The van der Waals surface area contributed by atoms with Gasteiger partial charge in [0.1, 0.15) is 0 Å². The van der Waals surface area contributed by atoms with Gasteiger partial charge in [0.15, 0.2) is 0 Å². The van der Waals surface area contributed by atoms with Crippen molar-refractivity contribution >= 4 is 29.3 Å². The molecule has 0 aromatic heterocycles. The lowest BCUT2D eigenvalue weighted by Gasteiger charge is -2.32. The molecule has 6 heteroatoms. The van der Waals surface area contributed by atoms with Crippen LogP contribution in [0.4, 0.5) is 5.69 Å². The van der Waals surface area contributed by atoms with Crippen molar-refractivity contribution in [2.45, 2.75) is 43.2 Å². The summed E-state index contributed by atoms with van der Waals surface area (Å²) in [5.74, 6) is 0.304. The zero-order valence-corrected chi connectivity index (χ0v) is 22.0. The van der Waals surface area contributed by atoms with E-state index in [1.807, 2.05) is 53.4 Å². The lowest BCUT2D eigenvalue weighted by molar-refractivity contribution is -0.128. The van der Waals surface area contributed by atoms with Crippen LogP contribution in [0.1, 0.15) is 30.4 Å². The number of carbonyl (C=O) groups excluding carboxylic acids is 2. The molecule has 1 fully saturated rings. The monoisotopic (exact) mass is 513 g/mol. The zero-order chi connectivity index (χ0) is 25.5. The SMILES string of the molecule is O=C(CC1CSc2ccccc2N(Cc2ccccc2)C1=O)NC1CCN(CCc2ccccc2)CC1. The number of carbonyl (C=O) groups is 2. The first kappa shape index (κ1) is 25.6. The molecule has 0 bridgehead atoms. The second-order valence-corrected chi connectivity index (χ2v) is 11.1. The Labute approximate surface area is 224 Å². The smallest absolute Gasteiger partial charge is 0.231 e. The maximum Gasteiger partial charge on any atom is 0.231 e. The van der Waals surface area contributed by atoms with Crippen LogP contribution in [0.3, 0.4) is 0 Å². The third kappa shape index (κ3) is 6.82. The average Bonchev–Trinajstić information content (AvgIpc) is 3.06. The van der Waals surface area contributed by atoms with Gasteiger partial charge in [-0.2, -0.15) is 0 Å². The number of nitrogens with zero attached hydrogens (tertiary/aromatic N) is 2. The van der Waals surface area contributed by atoms with Gasteiger partial charge < -0.3 is 15.1 Å². The molecular weight excluding hydrogens is 478 g/mol. The molecule has 3 aromatic rings. The molecule has 5 nitrogen and oxygen atoms in total. The summed E-state index contributed by atoms with van der Waals surface area (Å²) >= 11 is 1.68. The minimum absolute atomic E-state index is 0.00713. The topological polar surface area (TPSA) is 52.7 Å². The highest BCUT2D eigenvalue weighted by Gasteiger charge is 2.33. The summed E-state index contributed by atoms with van der Waals surface area (Å²) < 4.78 is 0. The Morgan fingerprint density at radius 3 is 2.24 bits per heavy atom. The number of likely N-dealkylation sites (tertiary alicyclic amines) is 1. The van der Waals surface area contributed by atoms with E-state index in [0.717, 1.165) is 55.0 Å². The van der Waals surface area contributed by atoms with Gasteiger partial charge >= 0.3 is 0 Å². The first-order valence-electron chi connectivity index (χ1n) is 13.3. The number of piperidine rings is 1. The van der Waals surface area contributed by atoms with Gasteiger partial charge in [0.2, 0.25) is 11.8 Å². The highest BCUT2D eigenvalue weighted by atomic mass is 32.2. The summed E-state index contributed by atoms with van der Waals surface area (Å²) in [4.78, 5) is 32.2. The number of hydrogen-bond acceptors (Lipinski definition) is 4. The Kier molecular flexibility index (Phi) is 8.59. The van der Waals surface area contributed by atoms with Crippen molar-refractivity contribution in [3.8, 4) is 0 Å². The van der Waals surface area contributed by atoms with Crippen molar-refractivity contribution in [2.75, 3.05) is 30.3 Å². The van der Waals surface area contributed by atoms with Crippen LogP contribution in [0.25, 0.3) is 0 Å². The third-order valence-corrected chi connectivity index (χ3v) is 8.56. The predicted octanol–water partition coefficient (Wildman–Crippen LogP) is 5.16. The molecule has 5 rings (SSSR count). The van der Waals surface area contributed by atoms with Gasteiger partial charge in [-0.3, -0.25) is 9.59 Å². The molecule has 1 N–H and O–H groups in total. The van der Waals surface area contributed by atoms with Crippen molar-refractivity contribution in [3.63, 3.8) is 0 Å². The lowest BCUT2D eigenvalue weighted by Crippen LogP contribution is -2.46. The molecule has 2 aliphatic rings. The van der Waals surface area contributed by atoms with Gasteiger partial charge in [-0.05, 0) is 42.5 Å². The van der Waals surface area contributed by atoms with Gasteiger partial charge in [0, 0.05) is 42.7 Å². The second kappa shape index (κ2) is 12.4. The Morgan fingerprint density at radius 2 is 1.51 bits per heavy atom. The van der Waals surface area contributed by atoms with Crippen LogP contribution in [0.5, 0.6) is 0 Å². The van der Waals surface area contributed by atoms with E-state index >= 15 is 0 Å². The standard InChI is InChI=1S/C31H35N3O2S/c35-30(32-27-16-19-33(20-17-27)18-15-24-9-3-1-4-10-24)21-26-23-37-29-14-8-7-13-28(29)34(31(26)36)22-25-11-5-2-6-12-25/h1-14,26-27H,15-23H2,(H,32,35). The van der Waals surface area contributed by atoms with Crippen molar-refractivity contribution < 1.29 is 9.59 Å². The van der Waals surface area contributed by atoms with Gasteiger partial charge in [0.25, 0.3) is 0 Å². The molecule has 0 radical (unpaired) electrons. The van der Waals surface area contributed by atoms with Crippen LogP contribution in [0.2, 0.25) is 0 Å². The maximum atomic E-state index is 13.7. The van der Waals surface area contributed by atoms with E-state index in [-0.39, 0.29) is 30.2 Å². The van der Waals surface area contributed by atoms with Gasteiger partial charge in [-0.1, -0.05) is 72.8 Å². The summed E-state index contributed by atoms with van der Waals surface area (Å²) in [5, 5.41) is 3.24. The summed E-state index contributed by atoms with van der Waals surface area (Å²) in [6, 6.07) is 28.9. The second-order valence-electron chi connectivity index (χ2n) is 10.0. The fourth-order valence-electron chi connectivity index (χ4n) is 5.22. The Hall–Kier alpha value is -3.09. The zero-order valence-electron chi connectivity index (χ0n) is 21.2.